The third-order valence-corrected chi connectivity index (χ3v) is 4.36. The maximum atomic E-state index is 12.4. The molecule has 0 atom stereocenters. The van der Waals surface area contributed by atoms with Crippen LogP contribution < -0.4 is 0 Å². The first kappa shape index (κ1) is 15.5. The predicted octanol–water partition coefficient (Wildman–Crippen LogP) is 1.62. The number of hydrogen-bond acceptors (Lipinski definition) is 3. The smallest absolute Gasteiger partial charge is 0.260 e. The number of alkyl halides is 3. The fraction of sp³-hybridized carbons (Fsp3) is 0.667. The van der Waals surface area contributed by atoms with E-state index in [4.69, 9.17) is 0 Å². The van der Waals surface area contributed by atoms with Gasteiger partial charge in [-0.15, -0.1) is 0 Å². The van der Waals surface area contributed by atoms with Crippen LogP contribution in [-0.4, -0.2) is 47.5 Å². The molecule has 0 unspecified atom stereocenters. The quantitative estimate of drug-likeness (QED) is 0.763. The SMILES string of the molecule is CCc1ncc(S(=O)(=O)N(CCBr)CC(F)F)[nH]1. The number of aryl methyl sites for hydroxylation is 1. The number of aromatic amines is 1. The molecule has 0 aliphatic carbocycles. The van der Waals surface area contributed by atoms with Gasteiger partial charge in [-0.1, -0.05) is 22.9 Å². The van der Waals surface area contributed by atoms with E-state index in [0.717, 1.165) is 10.5 Å². The Balaban J connectivity index is 3.00. The zero-order valence-electron chi connectivity index (χ0n) is 9.74. The molecule has 1 aromatic heterocycles. The van der Waals surface area contributed by atoms with Crippen molar-refractivity contribution in [2.45, 2.75) is 24.8 Å². The molecule has 0 bridgehead atoms. The van der Waals surface area contributed by atoms with Crippen LogP contribution in [0, 0.1) is 0 Å². The summed E-state index contributed by atoms with van der Waals surface area (Å²) in [6.45, 7) is 0.964. The molecule has 0 aromatic carbocycles. The van der Waals surface area contributed by atoms with Crippen LogP contribution in [0.15, 0.2) is 11.2 Å². The molecule has 0 radical (unpaired) electrons. The number of imidazole rings is 1. The van der Waals surface area contributed by atoms with Gasteiger partial charge in [0.05, 0.1) is 12.7 Å². The van der Waals surface area contributed by atoms with Gasteiger partial charge in [0.2, 0.25) is 0 Å². The third kappa shape index (κ3) is 3.72. The molecule has 0 saturated carbocycles. The fourth-order valence-corrected chi connectivity index (χ4v) is 3.37. The predicted molar refractivity (Wildman–Crippen MR) is 66.5 cm³/mol. The standard InChI is InChI=1S/C9H14BrF2N3O2S/c1-2-8-13-5-9(14-8)18(16,17)15(4-3-10)6-7(11)12/h5,7H,2-4,6H2,1H3,(H,13,14). The highest BCUT2D eigenvalue weighted by Gasteiger charge is 2.28. The van der Waals surface area contributed by atoms with Crippen LogP contribution in [0.1, 0.15) is 12.7 Å². The minimum Gasteiger partial charge on any atom is -0.332 e. The lowest BCUT2D eigenvalue weighted by Gasteiger charge is -2.19. The molecule has 18 heavy (non-hydrogen) atoms. The van der Waals surface area contributed by atoms with Crippen molar-refractivity contribution in [3.8, 4) is 0 Å². The van der Waals surface area contributed by atoms with Gasteiger partial charge in [0.1, 0.15) is 5.82 Å². The van der Waals surface area contributed by atoms with E-state index >= 15 is 0 Å². The fourth-order valence-electron chi connectivity index (χ4n) is 1.35. The Morgan fingerprint density at radius 3 is 2.67 bits per heavy atom. The molecule has 1 heterocycles. The van der Waals surface area contributed by atoms with Gasteiger partial charge >= 0.3 is 0 Å². The Bertz CT molecular complexity index is 478. The van der Waals surface area contributed by atoms with Crippen molar-refractivity contribution in [2.24, 2.45) is 0 Å². The summed E-state index contributed by atoms with van der Waals surface area (Å²) in [5, 5.41) is 0.134. The largest absolute Gasteiger partial charge is 0.332 e. The van der Waals surface area contributed by atoms with E-state index in [1.54, 1.807) is 0 Å². The van der Waals surface area contributed by atoms with Gasteiger partial charge < -0.3 is 4.98 Å². The molecule has 0 fully saturated rings. The lowest BCUT2D eigenvalue weighted by molar-refractivity contribution is 0.121. The monoisotopic (exact) mass is 345 g/mol. The number of nitrogens with one attached hydrogen (secondary N) is 1. The second-order valence-electron chi connectivity index (χ2n) is 3.49. The van der Waals surface area contributed by atoms with E-state index in [0.29, 0.717) is 12.2 Å². The first-order valence-corrected chi connectivity index (χ1v) is 7.86. The number of rotatable bonds is 7. The second-order valence-corrected chi connectivity index (χ2v) is 6.19. The van der Waals surface area contributed by atoms with E-state index < -0.39 is 23.0 Å². The van der Waals surface area contributed by atoms with E-state index in [-0.39, 0.29) is 16.9 Å². The summed E-state index contributed by atoms with van der Waals surface area (Å²) in [5.41, 5.74) is 0. The topological polar surface area (TPSA) is 66.1 Å². The summed E-state index contributed by atoms with van der Waals surface area (Å²) in [6.07, 6.45) is -1.02. The van der Waals surface area contributed by atoms with Gasteiger partial charge in [-0.25, -0.2) is 22.2 Å². The number of nitrogens with zero attached hydrogens (tertiary/aromatic N) is 2. The van der Waals surface area contributed by atoms with E-state index in [1.165, 1.54) is 0 Å². The zero-order valence-corrected chi connectivity index (χ0v) is 12.1. The van der Waals surface area contributed by atoms with Gasteiger partial charge in [-0.2, -0.15) is 4.31 Å². The molecule has 1 N–H and O–H groups in total. The first-order valence-electron chi connectivity index (χ1n) is 5.30. The number of H-pyrrole nitrogens is 1. The average molecular weight is 346 g/mol. The summed E-state index contributed by atoms with van der Waals surface area (Å²) in [7, 11) is -3.94. The first-order chi connectivity index (χ1) is 8.41. The molecule has 0 amide bonds. The van der Waals surface area contributed by atoms with Crippen molar-refractivity contribution in [3.05, 3.63) is 12.0 Å². The molecule has 0 spiro atoms. The number of aromatic nitrogens is 2. The molecule has 1 rings (SSSR count). The normalized spacial score (nSPS) is 12.6. The highest BCUT2D eigenvalue weighted by molar-refractivity contribution is 9.09. The molecular formula is C9H14BrF2N3O2S. The van der Waals surface area contributed by atoms with Crippen molar-refractivity contribution in [3.63, 3.8) is 0 Å². The highest BCUT2D eigenvalue weighted by Crippen LogP contribution is 2.15. The second kappa shape index (κ2) is 6.58. The van der Waals surface area contributed by atoms with E-state index in [2.05, 4.69) is 25.9 Å². The Morgan fingerprint density at radius 1 is 1.56 bits per heavy atom. The van der Waals surface area contributed by atoms with Crippen LogP contribution >= 0.6 is 15.9 Å². The Labute approximate surface area is 113 Å². The van der Waals surface area contributed by atoms with Crippen LogP contribution in [0.3, 0.4) is 0 Å². The summed E-state index contributed by atoms with van der Waals surface area (Å²) < 4.78 is 49.7. The summed E-state index contributed by atoms with van der Waals surface area (Å²) >= 11 is 3.05. The van der Waals surface area contributed by atoms with Crippen LogP contribution in [0.5, 0.6) is 0 Å². The molecule has 5 nitrogen and oxygen atoms in total. The Kier molecular flexibility index (Phi) is 5.67. The van der Waals surface area contributed by atoms with Crippen LogP contribution in [0.4, 0.5) is 8.78 Å². The molecule has 104 valence electrons. The minimum absolute atomic E-state index is 0.0207. The summed E-state index contributed by atoms with van der Waals surface area (Å²) in [6, 6.07) is 0. The molecule has 1 aromatic rings. The Hall–Kier alpha value is -0.540. The highest BCUT2D eigenvalue weighted by atomic mass is 79.9. The van der Waals surface area contributed by atoms with Crippen LogP contribution in [0.2, 0.25) is 0 Å². The minimum atomic E-state index is -3.94. The van der Waals surface area contributed by atoms with E-state index in [1.807, 2.05) is 6.92 Å². The molecule has 0 aliphatic heterocycles. The van der Waals surface area contributed by atoms with Gasteiger partial charge in [-0.05, 0) is 0 Å². The van der Waals surface area contributed by atoms with Gasteiger partial charge in [0, 0.05) is 18.3 Å². The third-order valence-electron chi connectivity index (χ3n) is 2.23. The zero-order chi connectivity index (χ0) is 13.8. The van der Waals surface area contributed by atoms with Crippen molar-refractivity contribution in [1.29, 1.82) is 0 Å². The Morgan fingerprint density at radius 2 is 2.22 bits per heavy atom. The van der Waals surface area contributed by atoms with Crippen LogP contribution in [-0.2, 0) is 16.4 Å². The maximum Gasteiger partial charge on any atom is 0.260 e. The maximum absolute atomic E-state index is 12.4. The lowest BCUT2D eigenvalue weighted by atomic mass is 10.5. The van der Waals surface area contributed by atoms with Gasteiger partial charge in [0.15, 0.2) is 5.03 Å². The molecule has 0 aliphatic rings. The van der Waals surface area contributed by atoms with Crippen molar-refractivity contribution in [1.82, 2.24) is 14.3 Å². The average Bonchev–Trinajstić information content (AvgIpc) is 2.77. The van der Waals surface area contributed by atoms with Crippen LogP contribution in [0.25, 0.3) is 0 Å². The lowest BCUT2D eigenvalue weighted by Crippen LogP contribution is -2.36. The van der Waals surface area contributed by atoms with Crippen molar-refractivity contribution in [2.75, 3.05) is 18.4 Å². The number of hydrogen-bond donors (Lipinski definition) is 1. The molecule has 0 saturated heterocycles. The summed E-state index contributed by atoms with van der Waals surface area (Å²) in [4.78, 5) is 6.48. The molecular weight excluding hydrogens is 332 g/mol. The van der Waals surface area contributed by atoms with Gasteiger partial charge in [-0.3, -0.25) is 0 Å². The number of sulfonamides is 1. The molecule has 9 heteroatoms. The van der Waals surface area contributed by atoms with Crippen molar-refractivity contribution < 1.29 is 17.2 Å². The van der Waals surface area contributed by atoms with E-state index in [9.17, 15) is 17.2 Å². The number of halogens is 3. The van der Waals surface area contributed by atoms with Crippen molar-refractivity contribution >= 4 is 26.0 Å². The van der Waals surface area contributed by atoms with Gasteiger partial charge in [0.25, 0.3) is 16.4 Å². The summed E-state index contributed by atoms with van der Waals surface area (Å²) in [5.74, 6) is 0.504.